The van der Waals surface area contributed by atoms with E-state index in [9.17, 15) is 0 Å². The van der Waals surface area contributed by atoms with Gasteiger partial charge in [0.25, 0.3) is 0 Å². The van der Waals surface area contributed by atoms with E-state index in [0.717, 1.165) is 30.1 Å². The van der Waals surface area contributed by atoms with Crippen molar-refractivity contribution in [3.05, 3.63) is 70.8 Å². The smallest absolute Gasteiger partial charge is 0.0314 e. The summed E-state index contributed by atoms with van der Waals surface area (Å²) in [6.45, 7) is 2.21. The molecule has 0 radical (unpaired) electrons. The first kappa shape index (κ1) is 18.8. The third-order valence-corrected chi connectivity index (χ3v) is 4.51. The van der Waals surface area contributed by atoms with Gasteiger partial charge in [-0.25, -0.2) is 0 Å². The Morgan fingerprint density at radius 3 is 1.67 bits per heavy atom. The van der Waals surface area contributed by atoms with E-state index in [2.05, 4.69) is 88.2 Å². The second-order valence-corrected chi connectivity index (χ2v) is 6.81. The van der Waals surface area contributed by atoms with Gasteiger partial charge in [0, 0.05) is 29.7 Å². The third kappa shape index (κ3) is 6.19. The largest absolute Gasteiger partial charge is 0.164 e. The normalized spacial score (nSPS) is 11.6. The Hall–Kier alpha value is -1.49. The van der Waals surface area contributed by atoms with Gasteiger partial charge in [-0.15, -0.1) is 0 Å². The van der Waals surface area contributed by atoms with Crippen molar-refractivity contribution in [2.24, 2.45) is 10.2 Å². The van der Waals surface area contributed by atoms with Crippen molar-refractivity contribution in [2.45, 2.75) is 39.0 Å². The monoisotopic (exact) mass is 432 g/mol. The van der Waals surface area contributed by atoms with Crippen LogP contribution in [0.5, 0.6) is 0 Å². The maximum atomic E-state index is 4.20. The van der Waals surface area contributed by atoms with Gasteiger partial charge < -0.3 is 0 Å². The molecule has 0 aliphatic heterocycles. The first-order chi connectivity index (χ1) is 11.8. The van der Waals surface area contributed by atoms with Crippen LogP contribution in [-0.4, -0.2) is 16.9 Å². The molecule has 3 heteroatoms. The van der Waals surface area contributed by atoms with Crippen LogP contribution in [0.25, 0.3) is 0 Å². The average molecular weight is 432 g/mol. The minimum atomic E-state index is 0.844. The lowest BCUT2D eigenvalue weighted by Gasteiger charge is -2.05. The van der Waals surface area contributed by atoms with Gasteiger partial charge in [0.1, 0.15) is 0 Å². The van der Waals surface area contributed by atoms with E-state index in [0.29, 0.717) is 0 Å². The summed E-state index contributed by atoms with van der Waals surface area (Å²) >= 11 is 2.42. The van der Waals surface area contributed by atoms with Gasteiger partial charge in [-0.05, 0) is 35.1 Å². The molecule has 0 N–H and O–H groups in total. The molecule has 0 aromatic heterocycles. The molecule has 0 amide bonds. The highest BCUT2D eigenvalue weighted by atomic mass is 127. The molecular weight excluding hydrogens is 407 g/mol. The summed E-state index contributed by atoms with van der Waals surface area (Å²) in [4.78, 5) is 0. The number of alkyl halides is 1. The summed E-state index contributed by atoms with van der Waals surface area (Å²) in [6.07, 6.45) is 8.91. The predicted molar refractivity (Wildman–Crippen MR) is 114 cm³/mol. The number of hydrogen-bond acceptors (Lipinski definition) is 2. The van der Waals surface area contributed by atoms with E-state index in [4.69, 9.17) is 0 Å². The zero-order valence-electron chi connectivity index (χ0n) is 14.3. The van der Waals surface area contributed by atoms with Crippen molar-refractivity contribution in [3.63, 3.8) is 0 Å². The molecule has 0 aliphatic rings. The molecule has 0 saturated heterocycles. The van der Waals surface area contributed by atoms with E-state index in [-0.39, 0.29) is 0 Å². The van der Waals surface area contributed by atoms with E-state index in [1.807, 2.05) is 12.4 Å². The van der Waals surface area contributed by atoms with E-state index in [1.54, 1.807) is 0 Å². The summed E-state index contributed by atoms with van der Waals surface area (Å²) in [6, 6.07) is 17.2. The standard InChI is InChI=1S/C21H25IN2/c1-2-7-18-8-3-5-10-20(18)13-16-23-24-17-14-21-11-6-4-9-19(21)12-15-22/h3-6,8-11,16-17H,2,7,12-15H2,1H3/b23-16+,24-17+. The summed E-state index contributed by atoms with van der Waals surface area (Å²) in [5, 5.41) is 8.40. The second-order valence-electron chi connectivity index (χ2n) is 5.73. The Morgan fingerprint density at radius 2 is 1.21 bits per heavy atom. The molecule has 126 valence electrons. The summed E-state index contributed by atoms with van der Waals surface area (Å²) in [5.41, 5.74) is 5.53. The van der Waals surface area contributed by atoms with Crippen LogP contribution in [0.15, 0.2) is 58.7 Å². The molecule has 0 atom stereocenters. The SMILES string of the molecule is CCCc1ccccc1C/C=N/N=C/Cc1ccccc1CCI. The number of benzene rings is 2. The number of halogens is 1. The van der Waals surface area contributed by atoms with Crippen LogP contribution in [0.2, 0.25) is 0 Å². The van der Waals surface area contributed by atoms with Crippen LogP contribution in [-0.2, 0) is 25.7 Å². The highest BCUT2D eigenvalue weighted by molar-refractivity contribution is 14.1. The van der Waals surface area contributed by atoms with Gasteiger partial charge in [-0.3, -0.25) is 0 Å². The average Bonchev–Trinajstić information content (AvgIpc) is 2.61. The van der Waals surface area contributed by atoms with Gasteiger partial charge in [0.05, 0.1) is 0 Å². The van der Waals surface area contributed by atoms with Crippen LogP contribution in [0, 0.1) is 0 Å². The summed E-state index contributed by atoms with van der Waals surface area (Å²) in [7, 11) is 0. The fourth-order valence-corrected chi connectivity index (χ4v) is 3.33. The maximum absolute atomic E-state index is 4.20. The maximum Gasteiger partial charge on any atom is 0.0314 e. The van der Waals surface area contributed by atoms with Crippen molar-refractivity contribution >= 4 is 35.0 Å². The van der Waals surface area contributed by atoms with Crippen LogP contribution in [0.4, 0.5) is 0 Å². The van der Waals surface area contributed by atoms with Gasteiger partial charge in [-0.2, -0.15) is 10.2 Å². The molecule has 0 bridgehead atoms. The van der Waals surface area contributed by atoms with Crippen molar-refractivity contribution in [1.82, 2.24) is 0 Å². The lowest BCUT2D eigenvalue weighted by Crippen LogP contribution is -1.96. The number of aryl methyl sites for hydroxylation is 2. The zero-order chi connectivity index (χ0) is 17.0. The topological polar surface area (TPSA) is 24.7 Å². The third-order valence-electron chi connectivity index (χ3n) is 3.97. The molecule has 0 fully saturated rings. The Balaban J connectivity index is 1.87. The van der Waals surface area contributed by atoms with Crippen molar-refractivity contribution < 1.29 is 0 Å². The first-order valence-corrected chi connectivity index (χ1v) is 10.1. The zero-order valence-corrected chi connectivity index (χ0v) is 16.4. The Kier molecular flexibility index (Phi) is 8.74. The van der Waals surface area contributed by atoms with Crippen LogP contribution in [0.3, 0.4) is 0 Å². The van der Waals surface area contributed by atoms with Gasteiger partial charge in [0.2, 0.25) is 0 Å². The predicted octanol–water partition coefficient (Wildman–Crippen LogP) is 5.46. The molecule has 0 aliphatic carbocycles. The second kappa shape index (κ2) is 11.1. The molecular formula is C21H25IN2. The van der Waals surface area contributed by atoms with Crippen LogP contribution >= 0.6 is 22.6 Å². The van der Waals surface area contributed by atoms with Gasteiger partial charge in [0.15, 0.2) is 0 Å². The lowest BCUT2D eigenvalue weighted by molar-refractivity contribution is 0.909. The number of hydrogen-bond donors (Lipinski definition) is 0. The number of rotatable bonds is 9. The Morgan fingerprint density at radius 1 is 0.750 bits per heavy atom. The highest BCUT2D eigenvalue weighted by Gasteiger charge is 2.00. The van der Waals surface area contributed by atoms with Gasteiger partial charge in [-0.1, -0.05) is 84.5 Å². The fourth-order valence-electron chi connectivity index (χ4n) is 2.74. The van der Waals surface area contributed by atoms with Crippen molar-refractivity contribution in [2.75, 3.05) is 4.43 Å². The summed E-state index contributed by atoms with van der Waals surface area (Å²) in [5.74, 6) is 0. The number of nitrogens with zero attached hydrogens (tertiary/aromatic N) is 2. The van der Waals surface area contributed by atoms with Crippen LogP contribution in [0.1, 0.15) is 35.6 Å². The molecule has 2 nitrogen and oxygen atoms in total. The van der Waals surface area contributed by atoms with E-state index in [1.165, 1.54) is 28.7 Å². The minimum absolute atomic E-state index is 0.844. The van der Waals surface area contributed by atoms with Crippen LogP contribution < -0.4 is 0 Å². The first-order valence-electron chi connectivity index (χ1n) is 8.58. The minimum Gasteiger partial charge on any atom is -0.164 e. The molecule has 0 heterocycles. The molecule has 2 aromatic carbocycles. The molecule has 0 spiro atoms. The molecule has 24 heavy (non-hydrogen) atoms. The fraction of sp³-hybridized carbons (Fsp3) is 0.333. The summed E-state index contributed by atoms with van der Waals surface area (Å²) < 4.78 is 1.14. The molecule has 0 unspecified atom stereocenters. The molecule has 2 aromatic rings. The van der Waals surface area contributed by atoms with Gasteiger partial charge >= 0.3 is 0 Å². The Bertz CT molecular complexity index is 618. The highest BCUT2D eigenvalue weighted by Crippen LogP contribution is 2.12. The van der Waals surface area contributed by atoms with E-state index >= 15 is 0 Å². The van der Waals surface area contributed by atoms with Crippen molar-refractivity contribution in [3.8, 4) is 0 Å². The van der Waals surface area contributed by atoms with Crippen molar-refractivity contribution in [1.29, 1.82) is 0 Å². The Labute approximate surface area is 159 Å². The molecule has 2 rings (SSSR count). The quantitative estimate of drug-likeness (QED) is 0.218. The van der Waals surface area contributed by atoms with E-state index < -0.39 is 0 Å². The molecule has 0 saturated carbocycles. The lowest BCUT2D eigenvalue weighted by atomic mass is 10.0.